The molecule has 23 heavy (non-hydrogen) atoms. The fourth-order valence-corrected chi connectivity index (χ4v) is 3.83. The molecule has 1 aliphatic heterocycles. The molecule has 0 unspecified atom stereocenters. The molecule has 1 aliphatic carbocycles. The van der Waals surface area contributed by atoms with Crippen LogP contribution in [0.2, 0.25) is 0 Å². The molecule has 1 saturated heterocycles. The van der Waals surface area contributed by atoms with E-state index in [-0.39, 0.29) is 11.7 Å². The number of hydrogen-bond donors (Lipinski definition) is 1. The fraction of sp³-hybridized carbons (Fsp3) is 0.944. The van der Waals surface area contributed by atoms with Gasteiger partial charge in [0.25, 0.3) is 0 Å². The summed E-state index contributed by atoms with van der Waals surface area (Å²) in [7, 11) is 1.82. The Morgan fingerprint density at radius 1 is 1.17 bits per heavy atom. The third kappa shape index (κ3) is 5.35. The Bertz CT molecular complexity index is 390. The van der Waals surface area contributed by atoms with Crippen molar-refractivity contribution in [3.63, 3.8) is 0 Å². The van der Waals surface area contributed by atoms with Gasteiger partial charge < -0.3 is 20.1 Å². The minimum Gasteiger partial charge on any atom is -0.444 e. The Labute approximate surface area is 140 Å². The quantitative estimate of drug-likeness (QED) is 0.864. The number of carbonyl (C=O) groups is 1. The second-order valence-electron chi connectivity index (χ2n) is 8.34. The van der Waals surface area contributed by atoms with Crippen molar-refractivity contribution in [1.29, 1.82) is 0 Å². The minimum absolute atomic E-state index is 0.0788. The maximum atomic E-state index is 12.2. The Morgan fingerprint density at radius 2 is 1.74 bits per heavy atom. The molecule has 0 radical (unpaired) electrons. The number of rotatable bonds is 3. The lowest BCUT2D eigenvalue weighted by Gasteiger charge is -2.43. The number of nitrogens with zero attached hydrogens (tertiary/aromatic N) is 1. The summed E-state index contributed by atoms with van der Waals surface area (Å²) >= 11 is 0. The van der Waals surface area contributed by atoms with Crippen molar-refractivity contribution in [3.8, 4) is 0 Å². The molecule has 2 aliphatic rings. The SMILES string of the molecule is COC1(CC2CCC(N)CC2)CCN(C(=O)OC(C)(C)C)CC1. The Morgan fingerprint density at radius 3 is 2.22 bits per heavy atom. The number of carbonyl (C=O) groups excluding carboxylic acids is 1. The number of amides is 1. The fourth-order valence-electron chi connectivity index (χ4n) is 3.83. The second kappa shape index (κ2) is 7.39. The molecule has 0 bridgehead atoms. The third-order valence-corrected chi connectivity index (χ3v) is 5.31. The summed E-state index contributed by atoms with van der Waals surface area (Å²) in [5.74, 6) is 0.711. The van der Waals surface area contributed by atoms with Gasteiger partial charge in [-0.05, 0) is 71.6 Å². The molecule has 0 spiro atoms. The maximum Gasteiger partial charge on any atom is 0.410 e. The van der Waals surface area contributed by atoms with E-state index >= 15 is 0 Å². The van der Waals surface area contributed by atoms with Crippen LogP contribution in [-0.4, -0.2) is 48.4 Å². The molecule has 5 nitrogen and oxygen atoms in total. The first kappa shape index (κ1) is 18.5. The summed E-state index contributed by atoms with van der Waals surface area (Å²) in [6, 6.07) is 0.388. The number of hydrogen-bond acceptors (Lipinski definition) is 4. The van der Waals surface area contributed by atoms with Crippen LogP contribution < -0.4 is 5.73 Å². The monoisotopic (exact) mass is 326 g/mol. The highest BCUT2D eigenvalue weighted by atomic mass is 16.6. The smallest absolute Gasteiger partial charge is 0.410 e. The van der Waals surface area contributed by atoms with E-state index in [4.69, 9.17) is 15.2 Å². The molecule has 2 N–H and O–H groups in total. The molecule has 2 fully saturated rings. The van der Waals surface area contributed by atoms with Crippen molar-refractivity contribution >= 4 is 6.09 Å². The van der Waals surface area contributed by atoms with Crippen LogP contribution in [0.25, 0.3) is 0 Å². The van der Waals surface area contributed by atoms with Gasteiger partial charge in [0.05, 0.1) is 5.60 Å². The van der Waals surface area contributed by atoms with Crippen LogP contribution >= 0.6 is 0 Å². The summed E-state index contributed by atoms with van der Waals surface area (Å²) in [6.07, 6.45) is 7.37. The van der Waals surface area contributed by atoms with E-state index in [2.05, 4.69) is 0 Å². The van der Waals surface area contributed by atoms with E-state index in [0.717, 1.165) is 45.2 Å². The number of ether oxygens (including phenoxy) is 2. The van der Waals surface area contributed by atoms with Gasteiger partial charge >= 0.3 is 6.09 Å². The Kier molecular flexibility index (Phi) is 5.95. The summed E-state index contributed by atoms with van der Waals surface area (Å²) in [5, 5.41) is 0. The first-order chi connectivity index (χ1) is 10.7. The van der Waals surface area contributed by atoms with Crippen LogP contribution in [0.4, 0.5) is 4.79 Å². The van der Waals surface area contributed by atoms with Crippen LogP contribution in [-0.2, 0) is 9.47 Å². The van der Waals surface area contributed by atoms with E-state index in [9.17, 15) is 4.79 Å². The molecule has 0 aromatic rings. The van der Waals surface area contributed by atoms with Gasteiger partial charge in [-0.2, -0.15) is 0 Å². The van der Waals surface area contributed by atoms with Gasteiger partial charge in [-0.3, -0.25) is 0 Å². The van der Waals surface area contributed by atoms with Crippen molar-refractivity contribution < 1.29 is 14.3 Å². The standard InChI is InChI=1S/C18H34N2O3/c1-17(2,3)23-16(21)20-11-9-18(22-4,10-12-20)13-14-5-7-15(19)8-6-14/h14-15H,5-13,19H2,1-4H3. The Balaban J connectivity index is 1.85. The molecule has 0 aromatic carbocycles. The minimum atomic E-state index is -0.437. The third-order valence-electron chi connectivity index (χ3n) is 5.31. The molecular weight excluding hydrogens is 292 g/mol. The number of likely N-dealkylation sites (tertiary alicyclic amines) is 1. The van der Waals surface area contributed by atoms with Crippen LogP contribution in [0.1, 0.15) is 65.7 Å². The summed E-state index contributed by atoms with van der Waals surface area (Å²) in [4.78, 5) is 14.0. The lowest BCUT2D eigenvalue weighted by atomic mass is 9.76. The lowest BCUT2D eigenvalue weighted by molar-refractivity contribution is -0.0763. The molecular formula is C18H34N2O3. The average molecular weight is 326 g/mol. The molecule has 5 heteroatoms. The van der Waals surface area contributed by atoms with Gasteiger partial charge in [0.2, 0.25) is 0 Å². The number of methoxy groups -OCH3 is 1. The molecule has 1 saturated carbocycles. The van der Waals surface area contributed by atoms with Crippen LogP contribution in [0.3, 0.4) is 0 Å². The molecule has 134 valence electrons. The van der Waals surface area contributed by atoms with E-state index in [1.54, 1.807) is 0 Å². The van der Waals surface area contributed by atoms with E-state index < -0.39 is 5.60 Å². The molecule has 0 aromatic heterocycles. The van der Waals surface area contributed by atoms with E-state index in [1.807, 2.05) is 32.8 Å². The zero-order valence-electron chi connectivity index (χ0n) is 15.3. The zero-order chi connectivity index (χ0) is 17.1. The summed E-state index contributed by atoms with van der Waals surface area (Å²) in [5.41, 5.74) is 5.49. The normalized spacial score (nSPS) is 28.5. The highest BCUT2D eigenvalue weighted by molar-refractivity contribution is 5.68. The van der Waals surface area contributed by atoms with Crippen molar-refractivity contribution in [1.82, 2.24) is 4.90 Å². The first-order valence-electron chi connectivity index (χ1n) is 9.02. The topological polar surface area (TPSA) is 64.8 Å². The lowest BCUT2D eigenvalue weighted by Crippen LogP contribution is -2.49. The van der Waals surface area contributed by atoms with Crippen molar-refractivity contribution in [2.45, 2.75) is 83.0 Å². The maximum absolute atomic E-state index is 12.2. The van der Waals surface area contributed by atoms with Crippen LogP contribution in [0.5, 0.6) is 0 Å². The van der Waals surface area contributed by atoms with Gasteiger partial charge in [0, 0.05) is 26.2 Å². The second-order valence-corrected chi connectivity index (χ2v) is 8.34. The molecule has 2 rings (SSSR count). The van der Waals surface area contributed by atoms with Gasteiger partial charge in [-0.1, -0.05) is 0 Å². The highest BCUT2D eigenvalue weighted by Crippen LogP contribution is 2.37. The predicted octanol–water partition coefficient (Wildman–Crippen LogP) is 3.31. The zero-order valence-corrected chi connectivity index (χ0v) is 15.3. The first-order valence-corrected chi connectivity index (χ1v) is 9.02. The van der Waals surface area contributed by atoms with E-state index in [0.29, 0.717) is 12.0 Å². The molecule has 1 heterocycles. The Hall–Kier alpha value is -0.810. The largest absolute Gasteiger partial charge is 0.444 e. The van der Waals surface area contributed by atoms with Crippen LogP contribution in [0.15, 0.2) is 0 Å². The van der Waals surface area contributed by atoms with Crippen LogP contribution in [0, 0.1) is 5.92 Å². The van der Waals surface area contributed by atoms with Crippen molar-refractivity contribution in [3.05, 3.63) is 0 Å². The summed E-state index contributed by atoms with van der Waals surface area (Å²) < 4.78 is 11.4. The van der Waals surface area contributed by atoms with Crippen molar-refractivity contribution in [2.24, 2.45) is 11.7 Å². The van der Waals surface area contributed by atoms with Crippen molar-refractivity contribution in [2.75, 3.05) is 20.2 Å². The molecule has 0 atom stereocenters. The average Bonchev–Trinajstić information content (AvgIpc) is 2.48. The number of piperidine rings is 1. The van der Waals surface area contributed by atoms with Gasteiger partial charge in [-0.25, -0.2) is 4.79 Å². The number of nitrogens with two attached hydrogens (primary N) is 1. The van der Waals surface area contributed by atoms with Gasteiger partial charge in [0.1, 0.15) is 5.60 Å². The van der Waals surface area contributed by atoms with Gasteiger partial charge in [0.15, 0.2) is 0 Å². The molecule has 1 amide bonds. The van der Waals surface area contributed by atoms with Gasteiger partial charge in [-0.15, -0.1) is 0 Å². The highest BCUT2D eigenvalue weighted by Gasteiger charge is 2.39. The summed E-state index contributed by atoms with van der Waals surface area (Å²) in [6.45, 7) is 7.15. The predicted molar refractivity (Wildman–Crippen MR) is 91.3 cm³/mol. The van der Waals surface area contributed by atoms with E-state index in [1.165, 1.54) is 12.8 Å².